The zero-order valence-electron chi connectivity index (χ0n) is 16.9. The predicted molar refractivity (Wildman–Crippen MR) is 106 cm³/mol. The summed E-state index contributed by atoms with van der Waals surface area (Å²) in [6.07, 6.45) is -0.732. The molecule has 0 spiro atoms. The Morgan fingerprint density at radius 2 is 1.47 bits per heavy atom. The third-order valence-corrected chi connectivity index (χ3v) is 4.20. The van der Waals surface area contributed by atoms with E-state index in [2.05, 4.69) is 5.32 Å². The molecule has 3 amide bonds. The highest BCUT2D eigenvalue weighted by Crippen LogP contribution is 2.23. The van der Waals surface area contributed by atoms with E-state index in [4.69, 9.17) is 9.57 Å². The lowest BCUT2D eigenvalue weighted by atomic mass is 10.1. The number of hydrogen-bond acceptors (Lipinski definition) is 6. The summed E-state index contributed by atoms with van der Waals surface area (Å²) in [6, 6.07) is 13.9. The van der Waals surface area contributed by atoms with Gasteiger partial charge in [-0.3, -0.25) is 9.59 Å². The van der Waals surface area contributed by atoms with E-state index in [-0.39, 0.29) is 17.5 Å². The summed E-state index contributed by atoms with van der Waals surface area (Å²) in [6.45, 7) is 5.07. The summed E-state index contributed by atoms with van der Waals surface area (Å²) in [5, 5.41) is 2.88. The number of hydroxylamine groups is 2. The number of rotatable bonds is 5. The Bertz CT molecular complexity index is 946. The van der Waals surface area contributed by atoms with Crippen LogP contribution in [0.5, 0.6) is 0 Å². The number of amides is 3. The van der Waals surface area contributed by atoms with Crippen LogP contribution in [-0.2, 0) is 20.8 Å². The third kappa shape index (κ3) is 4.83. The highest BCUT2D eigenvalue weighted by molar-refractivity contribution is 6.20. The Labute approximate surface area is 173 Å². The van der Waals surface area contributed by atoms with Gasteiger partial charge in [0.25, 0.3) is 11.8 Å². The molecule has 1 aliphatic rings. The van der Waals surface area contributed by atoms with E-state index in [1.807, 2.05) is 6.07 Å². The molecule has 1 N–H and O–H groups in total. The van der Waals surface area contributed by atoms with E-state index in [0.717, 1.165) is 5.56 Å². The first kappa shape index (κ1) is 21.0. The minimum Gasteiger partial charge on any atom is -0.444 e. The lowest BCUT2D eigenvalue weighted by Gasteiger charge is -2.23. The molecule has 0 saturated carbocycles. The van der Waals surface area contributed by atoms with Gasteiger partial charge in [0.05, 0.1) is 11.1 Å². The molecule has 30 heavy (non-hydrogen) atoms. The predicted octanol–water partition coefficient (Wildman–Crippen LogP) is 2.88. The maximum Gasteiger partial charge on any atom is 0.408 e. The van der Waals surface area contributed by atoms with Crippen LogP contribution < -0.4 is 5.32 Å². The van der Waals surface area contributed by atoms with Gasteiger partial charge in [0.15, 0.2) is 0 Å². The van der Waals surface area contributed by atoms with Gasteiger partial charge in [-0.2, -0.15) is 0 Å². The molecule has 8 heteroatoms. The van der Waals surface area contributed by atoms with Crippen LogP contribution >= 0.6 is 0 Å². The molecule has 0 aromatic heterocycles. The number of carbonyl (C=O) groups is 4. The van der Waals surface area contributed by atoms with Gasteiger partial charge in [-0.05, 0) is 38.5 Å². The van der Waals surface area contributed by atoms with E-state index in [1.54, 1.807) is 57.2 Å². The van der Waals surface area contributed by atoms with Gasteiger partial charge in [0, 0.05) is 6.42 Å². The molecular weight excluding hydrogens is 388 g/mol. The van der Waals surface area contributed by atoms with Crippen molar-refractivity contribution >= 4 is 23.9 Å². The Kier molecular flexibility index (Phi) is 5.86. The van der Waals surface area contributed by atoms with Crippen molar-refractivity contribution in [1.82, 2.24) is 10.4 Å². The van der Waals surface area contributed by atoms with Gasteiger partial charge in [0.1, 0.15) is 11.6 Å². The molecule has 0 saturated heterocycles. The van der Waals surface area contributed by atoms with Crippen molar-refractivity contribution in [3.63, 3.8) is 0 Å². The highest BCUT2D eigenvalue weighted by atomic mass is 16.7. The maximum absolute atomic E-state index is 12.8. The molecule has 1 atom stereocenters. The first-order chi connectivity index (χ1) is 14.2. The Hall–Kier alpha value is -3.68. The summed E-state index contributed by atoms with van der Waals surface area (Å²) in [7, 11) is 0. The lowest BCUT2D eigenvalue weighted by molar-refractivity contribution is -0.171. The quantitative estimate of drug-likeness (QED) is 0.761. The monoisotopic (exact) mass is 410 g/mol. The number of ether oxygens (including phenoxy) is 1. The Balaban J connectivity index is 1.77. The molecule has 156 valence electrons. The third-order valence-electron chi connectivity index (χ3n) is 4.20. The smallest absolute Gasteiger partial charge is 0.408 e. The largest absolute Gasteiger partial charge is 0.444 e. The van der Waals surface area contributed by atoms with E-state index >= 15 is 0 Å². The average molecular weight is 410 g/mol. The highest BCUT2D eigenvalue weighted by Gasteiger charge is 2.40. The first-order valence-corrected chi connectivity index (χ1v) is 9.39. The molecular formula is C22H22N2O6. The number of benzene rings is 2. The lowest BCUT2D eigenvalue weighted by Crippen LogP contribution is -2.48. The molecule has 8 nitrogen and oxygen atoms in total. The van der Waals surface area contributed by atoms with Gasteiger partial charge in [-0.15, -0.1) is 0 Å². The molecule has 2 aromatic carbocycles. The van der Waals surface area contributed by atoms with Crippen molar-refractivity contribution in [3.05, 3.63) is 71.3 Å². The summed E-state index contributed by atoms with van der Waals surface area (Å²) >= 11 is 0. The summed E-state index contributed by atoms with van der Waals surface area (Å²) in [4.78, 5) is 55.0. The Morgan fingerprint density at radius 3 is 2.00 bits per heavy atom. The van der Waals surface area contributed by atoms with Gasteiger partial charge in [-0.1, -0.05) is 47.5 Å². The van der Waals surface area contributed by atoms with Gasteiger partial charge in [-0.25, -0.2) is 9.59 Å². The maximum atomic E-state index is 12.8. The van der Waals surface area contributed by atoms with Crippen LogP contribution in [0, 0.1) is 0 Å². The van der Waals surface area contributed by atoms with Crippen LogP contribution in [-0.4, -0.2) is 40.6 Å². The SMILES string of the molecule is CC(C)(C)OC(=O)NC(Cc1ccccc1)C(=O)ON1C(=O)c2ccccc2C1=O. The molecule has 2 aromatic rings. The van der Waals surface area contributed by atoms with Gasteiger partial charge >= 0.3 is 12.1 Å². The second kappa shape index (κ2) is 8.36. The van der Waals surface area contributed by atoms with Crippen molar-refractivity contribution in [1.29, 1.82) is 0 Å². The second-order valence-electron chi connectivity index (χ2n) is 7.75. The molecule has 1 heterocycles. The number of nitrogens with one attached hydrogen (secondary N) is 1. The van der Waals surface area contributed by atoms with E-state index in [9.17, 15) is 19.2 Å². The minimum atomic E-state index is -1.17. The topological polar surface area (TPSA) is 102 Å². The zero-order chi connectivity index (χ0) is 21.9. The van der Waals surface area contributed by atoms with E-state index in [0.29, 0.717) is 5.06 Å². The molecule has 1 unspecified atom stereocenters. The van der Waals surface area contributed by atoms with Crippen molar-refractivity contribution in [2.24, 2.45) is 0 Å². The van der Waals surface area contributed by atoms with E-state index < -0.39 is 35.5 Å². The molecule has 0 radical (unpaired) electrons. The molecule has 0 aliphatic carbocycles. The van der Waals surface area contributed by atoms with Crippen molar-refractivity contribution < 1.29 is 28.8 Å². The van der Waals surface area contributed by atoms with Crippen LogP contribution in [0.1, 0.15) is 47.1 Å². The number of alkyl carbamates (subject to hydrolysis) is 1. The number of fused-ring (bicyclic) bond motifs is 1. The van der Waals surface area contributed by atoms with E-state index in [1.165, 1.54) is 12.1 Å². The van der Waals surface area contributed by atoms with Crippen LogP contribution in [0.3, 0.4) is 0 Å². The first-order valence-electron chi connectivity index (χ1n) is 9.39. The van der Waals surface area contributed by atoms with Crippen LogP contribution in [0.4, 0.5) is 4.79 Å². The normalized spacial score (nSPS) is 14.2. The number of nitrogens with zero attached hydrogens (tertiary/aromatic N) is 1. The van der Waals surface area contributed by atoms with Crippen LogP contribution in [0.15, 0.2) is 54.6 Å². The van der Waals surface area contributed by atoms with Crippen LogP contribution in [0.25, 0.3) is 0 Å². The average Bonchev–Trinajstić information content (AvgIpc) is 2.92. The summed E-state index contributed by atoms with van der Waals surface area (Å²) in [5.41, 5.74) is 0.274. The van der Waals surface area contributed by atoms with Crippen molar-refractivity contribution in [2.45, 2.75) is 38.8 Å². The van der Waals surface area contributed by atoms with Crippen molar-refractivity contribution in [2.75, 3.05) is 0 Å². The zero-order valence-corrected chi connectivity index (χ0v) is 16.9. The molecule has 1 aliphatic heterocycles. The molecule has 0 fully saturated rings. The Morgan fingerprint density at radius 1 is 0.933 bits per heavy atom. The fourth-order valence-electron chi connectivity index (χ4n) is 2.90. The van der Waals surface area contributed by atoms with Gasteiger partial charge < -0.3 is 14.9 Å². The summed E-state index contributed by atoms with van der Waals surface area (Å²) < 4.78 is 5.21. The van der Waals surface area contributed by atoms with Gasteiger partial charge in [0.2, 0.25) is 0 Å². The molecule has 0 bridgehead atoms. The summed E-state index contributed by atoms with van der Waals surface area (Å²) in [5.74, 6) is -2.43. The van der Waals surface area contributed by atoms with Crippen molar-refractivity contribution in [3.8, 4) is 0 Å². The standard InChI is InChI=1S/C22H22N2O6/c1-22(2,3)29-21(28)23-17(13-14-9-5-4-6-10-14)20(27)30-24-18(25)15-11-7-8-12-16(15)19(24)26/h4-12,17H,13H2,1-3H3,(H,23,28). The fourth-order valence-corrected chi connectivity index (χ4v) is 2.90. The molecule has 3 rings (SSSR count). The van der Waals surface area contributed by atoms with Crippen LogP contribution in [0.2, 0.25) is 0 Å². The second-order valence-corrected chi connectivity index (χ2v) is 7.75. The number of carbonyl (C=O) groups excluding carboxylic acids is 4. The number of hydrogen-bond donors (Lipinski definition) is 1. The fraction of sp³-hybridized carbons (Fsp3) is 0.273. The number of imide groups is 1. The minimum absolute atomic E-state index is 0.0854.